The lowest BCUT2D eigenvalue weighted by molar-refractivity contribution is 0.0599. The van der Waals surface area contributed by atoms with Crippen molar-refractivity contribution in [1.29, 1.82) is 0 Å². The fourth-order valence-corrected chi connectivity index (χ4v) is 3.26. The number of benzene rings is 1. The van der Waals surface area contributed by atoms with Crippen molar-refractivity contribution in [2.45, 2.75) is 44.7 Å². The maximum atomic E-state index is 12.1. The molecule has 1 aromatic heterocycles. The number of carbonyl (C=O) groups excluding carboxylic acids is 2. The molecule has 2 aromatic rings. The van der Waals surface area contributed by atoms with Crippen molar-refractivity contribution in [3.05, 3.63) is 47.8 Å². The highest BCUT2D eigenvalue weighted by atomic mass is 16.5. The number of carbonyl (C=O) groups is 2. The van der Waals surface area contributed by atoms with Gasteiger partial charge < -0.3 is 15.4 Å². The van der Waals surface area contributed by atoms with Crippen molar-refractivity contribution < 1.29 is 14.3 Å². The Morgan fingerprint density at radius 1 is 1.23 bits per heavy atom. The molecule has 2 N–H and O–H groups in total. The first-order valence-electron chi connectivity index (χ1n) is 8.92. The molecule has 1 aliphatic rings. The molecule has 26 heavy (non-hydrogen) atoms. The highest BCUT2D eigenvalue weighted by molar-refractivity contribution is 5.91. The summed E-state index contributed by atoms with van der Waals surface area (Å²) >= 11 is 0. The van der Waals surface area contributed by atoms with Gasteiger partial charge in [0.05, 0.1) is 31.1 Å². The van der Waals surface area contributed by atoms with E-state index in [1.165, 1.54) is 26.4 Å². The standard InChI is InChI=1S/C19H24N4O3/c1-26-18(24)17-10-6-5-7-14(17)12-23-13-16(11-20-23)22-19(25)21-15-8-3-2-4-9-15/h5-7,10-11,13,15H,2-4,8-9,12H2,1H3,(H2,21,22,25). The fourth-order valence-electron chi connectivity index (χ4n) is 3.26. The van der Waals surface area contributed by atoms with Crippen LogP contribution in [0, 0.1) is 0 Å². The maximum Gasteiger partial charge on any atom is 0.338 e. The van der Waals surface area contributed by atoms with Gasteiger partial charge in [-0.15, -0.1) is 0 Å². The summed E-state index contributed by atoms with van der Waals surface area (Å²) in [6.07, 6.45) is 9.01. The van der Waals surface area contributed by atoms with Crippen LogP contribution in [0.4, 0.5) is 10.5 Å². The third-order valence-corrected chi connectivity index (χ3v) is 4.59. The van der Waals surface area contributed by atoms with Crippen molar-refractivity contribution in [3.63, 3.8) is 0 Å². The van der Waals surface area contributed by atoms with Gasteiger partial charge in [-0.25, -0.2) is 9.59 Å². The zero-order chi connectivity index (χ0) is 18.4. The number of rotatable bonds is 5. The number of ether oxygens (including phenoxy) is 1. The Hall–Kier alpha value is -2.83. The number of nitrogens with zero attached hydrogens (tertiary/aromatic N) is 2. The Balaban J connectivity index is 1.60. The van der Waals surface area contributed by atoms with Crippen LogP contribution in [-0.2, 0) is 11.3 Å². The number of amides is 2. The van der Waals surface area contributed by atoms with Crippen LogP contribution >= 0.6 is 0 Å². The first-order valence-corrected chi connectivity index (χ1v) is 8.92. The van der Waals surface area contributed by atoms with Crippen LogP contribution in [0.15, 0.2) is 36.7 Å². The largest absolute Gasteiger partial charge is 0.465 e. The summed E-state index contributed by atoms with van der Waals surface area (Å²) in [6.45, 7) is 0.414. The Kier molecular flexibility index (Phi) is 5.88. The van der Waals surface area contributed by atoms with Gasteiger partial charge in [0.2, 0.25) is 0 Å². The van der Waals surface area contributed by atoms with Gasteiger partial charge in [0.25, 0.3) is 0 Å². The van der Waals surface area contributed by atoms with Gasteiger partial charge in [0, 0.05) is 12.2 Å². The van der Waals surface area contributed by atoms with E-state index in [4.69, 9.17) is 4.74 Å². The van der Waals surface area contributed by atoms with Crippen molar-refractivity contribution in [3.8, 4) is 0 Å². The molecule has 2 amide bonds. The zero-order valence-electron chi connectivity index (χ0n) is 14.9. The molecule has 0 radical (unpaired) electrons. The third-order valence-electron chi connectivity index (χ3n) is 4.59. The summed E-state index contributed by atoms with van der Waals surface area (Å²) in [5.41, 5.74) is 1.93. The number of aromatic nitrogens is 2. The number of esters is 1. The molecule has 1 fully saturated rings. The van der Waals surface area contributed by atoms with E-state index in [1.54, 1.807) is 29.2 Å². The van der Waals surface area contributed by atoms with E-state index in [9.17, 15) is 9.59 Å². The van der Waals surface area contributed by atoms with Crippen LogP contribution in [-0.4, -0.2) is 34.9 Å². The van der Waals surface area contributed by atoms with E-state index >= 15 is 0 Å². The van der Waals surface area contributed by atoms with Crippen LogP contribution in [0.3, 0.4) is 0 Å². The van der Waals surface area contributed by atoms with Crippen LogP contribution in [0.1, 0.15) is 48.0 Å². The van der Waals surface area contributed by atoms with Gasteiger partial charge in [0.1, 0.15) is 0 Å². The minimum Gasteiger partial charge on any atom is -0.465 e. The number of nitrogens with one attached hydrogen (secondary N) is 2. The van der Waals surface area contributed by atoms with Gasteiger partial charge in [-0.05, 0) is 24.5 Å². The minimum atomic E-state index is -0.377. The molecule has 1 heterocycles. The van der Waals surface area contributed by atoms with Crippen molar-refractivity contribution >= 4 is 17.7 Å². The number of methoxy groups -OCH3 is 1. The molecule has 0 spiro atoms. The second-order valence-electron chi connectivity index (χ2n) is 6.51. The van der Waals surface area contributed by atoms with E-state index in [-0.39, 0.29) is 18.0 Å². The second kappa shape index (κ2) is 8.51. The average molecular weight is 356 g/mol. The molecule has 7 nitrogen and oxygen atoms in total. The second-order valence-corrected chi connectivity index (χ2v) is 6.51. The Morgan fingerprint density at radius 3 is 2.77 bits per heavy atom. The molecular formula is C19H24N4O3. The van der Waals surface area contributed by atoms with Crippen molar-refractivity contribution in [1.82, 2.24) is 15.1 Å². The van der Waals surface area contributed by atoms with Crippen LogP contribution in [0.2, 0.25) is 0 Å². The lowest BCUT2D eigenvalue weighted by Gasteiger charge is -2.22. The topological polar surface area (TPSA) is 85.2 Å². The van der Waals surface area contributed by atoms with Crippen molar-refractivity contribution in [2.75, 3.05) is 12.4 Å². The quantitative estimate of drug-likeness (QED) is 0.806. The zero-order valence-corrected chi connectivity index (χ0v) is 14.9. The monoisotopic (exact) mass is 356 g/mol. The predicted molar refractivity (Wildman–Crippen MR) is 98.1 cm³/mol. The summed E-state index contributed by atoms with van der Waals surface area (Å²) in [4.78, 5) is 24.0. The summed E-state index contributed by atoms with van der Waals surface area (Å²) in [5.74, 6) is -0.377. The maximum absolute atomic E-state index is 12.1. The van der Waals surface area contributed by atoms with Gasteiger partial charge >= 0.3 is 12.0 Å². The number of hydrogen-bond acceptors (Lipinski definition) is 4. The van der Waals surface area contributed by atoms with Gasteiger partial charge in [0.15, 0.2) is 0 Å². The van der Waals surface area contributed by atoms with Crippen LogP contribution in [0.5, 0.6) is 0 Å². The smallest absolute Gasteiger partial charge is 0.338 e. The normalized spacial score (nSPS) is 14.7. The summed E-state index contributed by atoms with van der Waals surface area (Å²) in [7, 11) is 1.36. The van der Waals surface area contributed by atoms with Crippen molar-refractivity contribution in [2.24, 2.45) is 0 Å². The molecule has 3 rings (SSSR count). The number of hydrogen-bond donors (Lipinski definition) is 2. The molecule has 1 aromatic carbocycles. The fraction of sp³-hybridized carbons (Fsp3) is 0.421. The molecule has 0 aliphatic heterocycles. The molecule has 7 heteroatoms. The average Bonchev–Trinajstić information content (AvgIpc) is 3.09. The number of urea groups is 1. The Labute approximate surface area is 152 Å². The van der Waals surface area contributed by atoms with Crippen LogP contribution in [0.25, 0.3) is 0 Å². The third kappa shape index (κ3) is 4.62. The molecule has 0 saturated heterocycles. The highest BCUT2D eigenvalue weighted by Crippen LogP contribution is 2.18. The summed E-state index contributed by atoms with van der Waals surface area (Å²) in [5, 5.41) is 10.1. The van der Waals surface area contributed by atoms with E-state index in [0.29, 0.717) is 17.8 Å². The van der Waals surface area contributed by atoms with Gasteiger partial charge in [-0.3, -0.25) is 4.68 Å². The first kappa shape index (κ1) is 18.0. The summed E-state index contributed by atoms with van der Waals surface area (Å²) in [6, 6.07) is 7.29. The van der Waals surface area contributed by atoms with E-state index in [0.717, 1.165) is 18.4 Å². The molecule has 0 unspecified atom stereocenters. The number of anilines is 1. The Bertz CT molecular complexity index is 766. The van der Waals surface area contributed by atoms with E-state index in [2.05, 4.69) is 15.7 Å². The lowest BCUT2D eigenvalue weighted by Crippen LogP contribution is -2.38. The SMILES string of the molecule is COC(=O)c1ccccc1Cn1cc(NC(=O)NC2CCCCC2)cn1. The van der Waals surface area contributed by atoms with Crippen LogP contribution < -0.4 is 10.6 Å². The minimum absolute atomic E-state index is 0.202. The van der Waals surface area contributed by atoms with E-state index in [1.807, 2.05) is 12.1 Å². The Morgan fingerprint density at radius 2 is 2.00 bits per heavy atom. The molecule has 1 saturated carbocycles. The molecule has 1 aliphatic carbocycles. The first-order chi connectivity index (χ1) is 12.7. The molecule has 0 bridgehead atoms. The van der Waals surface area contributed by atoms with E-state index < -0.39 is 0 Å². The molecule has 138 valence electrons. The van der Waals surface area contributed by atoms with Gasteiger partial charge in [-0.2, -0.15) is 5.10 Å². The van der Waals surface area contributed by atoms with Gasteiger partial charge in [-0.1, -0.05) is 37.5 Å². The highest BCUT2D eigenvalue weighted by Gasteiger charge is 2.16. The summed E-state index contributed by atoms with van der Waals surface area (Å²) < 4.78 is 6.49. The predicted octanol–water partition coefficient (Wildman–Crippen LogP) is 3.17. The molecular weight excluding hydrogens is 332 g/mol. The molecule has 0 atom stereocenters. The lowest BCUT2D eigenvalue weighted by atomic mass is 9.96.